The maximum atomic E-state index is 5.55. The Morgan fingerprint density at radius 2 is 2.06 bits per heavy atom. The number of hydrogen-bond donors (Lipinski definition) is 1. The van der Waals surface area contributed by atoms with Crippen molar-refractivity contribution in [1.82, 2.24) is 5.32 Å². The maximum Gasteiger partial charge on any atom is 0.0662 e. The quantitative estimate of drug-likeness (QED) is 0.815. The first-order chi connectivity index (χ1) is 8.06. The molecule has 0 unspecified atom stereocenters. The van der Waals surface area contributed by atoms with E-state index in [0.29, 0.717) is 6.04 Å². The van der Waals surface area contributed by atoms with Crippen molar-refractivity contribution in [3.8, 4) is 0 Å². The molecule has 0 aliphatic carbocycles. The van der Waals surface area contributed by atoms with Gasteiger partial charge in [0.15, 0.2) is 0 Å². The average molecular weight is 251 g/mol. The third-order valence-corrected chi connectivity index (χ3v) is 3.84. The minimum absolute atomic E-state index is 0.242. The van der Waals surface area contributed by atoms with Gasteiger partial charge in [0, 0.05) is 16.2 Å². The summed E-state index contributed by atoms with van der Waals surface area (Å²) in [5.41, 5.74) is 1.37. The van der Waals surface area contributed by atoms with Crippen molar-refractivity contribution in [3.05, 3.63) is 29.8 Å². The number of morpholine rings is 1. The third kappa shape index (κ3) is 3.73. The standard InChI is InChI=1S/C14H21NOS/c1-14(2,3)17-13-7-5-4-6-11(13)12-10-16-9-8-15-12/h4-7,12,15H,8-10H2,1-3H3/t12-/m0/s1. The molecule has 1 aromatic carbocycles. The summed E-state index contributed by atoms with van der Waals surface area (Å²) in [5.74, 6) is 0. The average Bonchev–Trinajstić information content (AvgIpc) is 2.29. The number of nitrogens with one attached hydrogen (secondary N) is 1. The Morgan fingerprint density at radius 3 is 2.71 bits per heavy atom. The zero-order valence-corrected chi connectivity index (χ0v) is 11.6. The zero-order valence-electron chi connectivity index (χ0n) is 10.8. The second-order valence-corrected chi connectivity index (χ2v) is 7.20. The predicted octanol–water partition coefficient (Wildman–Crippen LogP) is 3.24. The Hall–Kier alpha value is -0.510. The molecule has 1 aliphatic rings. The molecular weight excluding hydrogens is 230 g/mol. The third-order valence-electron chi connectivity index (χ3n) is 2.63. The van der Waals surface area contributed by atoms with Crippen LogP contribution in [0.3, 0.4) is 0 Å². The van der Waals surface area contributed by atoms with Gasteiger partial charge in [-0.1, -0.05) is 39.0 Å². The largest absolute Gasteiger partial charge is 0.378 e. The number of ether oxygens (including phenoxy) is 1. The molecule has 0 amide bonds. The van der Waals surface area contributed by atoms with Crippen LogP contribution in [-0.4, -0.2) is 24.5 Å². The minimum Gasteiger partial charge on any atom is -0.378 e. The number of rotatable bonds is 2. The van der Waals surface area contributed by atoms with Crippen LogP contribution in [-0.2, 0) is 4.74 Å². The second kappa shape index (κ2) is 5.42. The van der Waals surface area contributed by atoms with Gasteiger partial charge in [-0.05, 0) is 11.6 Å². The van der Waals surface area contributed by atoms with Crippen LogP contribution in [0.2, 0.25) is 0 Å². The molecule has 1 atom stereocenters. The Morgan fingerprint density at radius 1 is 1.29 bits per heavy atom. The predicted molar refractivity (Wildman–Crippen MR) is 73.6 cm³/mol. The summed E-state index contributed by atoms with van der Waals surface area (Å²) < 4.78 is 5.79. The van der Waals surface area contributed by atoms with Gasteiger partial charge in [-0.15, -0.1) is 11.8 Å². The Kier molecular flexibility index (Phi) is 4.13. The highest BCUT2D eigenvalue weighted by molar-refractivity contribution is 8.00. The molecule has 0 spiro atoms. The Bertz CT molecular complexity index is 367. The van der Waals surface area contributed by atoms with E-state index in [4.69, 9.17) is 4.74 Å². The molecule has 0 saturated carbocycles. The lowest BCUT2D eigenvalue weighted by atomic mass is 10.1. The van der Waals surface area contributed by atoms with Crippen molar-refractivity contribution in [2.45, 2.75) is 36.5 Å². The van der Waals surface area contributed by atoms with Crippen molar-refractivity contribution in [2.75, 3.05) is 19.8 Å². The molecule has 2 nitrogen and oxygen atoms in total. The van der Waals surface area contributed by atoms with Crippen LogP contribution in [0.4, 0.5) is 0 Å². The summed E-state index contributed by atoms with van der Waals surface area (Å²) in [5, 5.41) is 3.52. The van der Waals surface area contributed by atoms with Crippen LogP contribution < -0.4 is 5.32 Å². The normalized spacial score (nSPS) is 21.5. The molecule has 1 N–H and O–H groups in total. The molecule has 0 radical (unpaired) electrons. The first-order valence-corrected chi connectivity index (χ1v) is 6.97. The first kappa shape index (κ1) is 12.9. The molecule has 17 heavy (non-hydrogen) atoms. The van der Waals surface area contributed by atoms with Crippen molar-refractivity contribution in [1.29, 1.82) is 0 Å². The maximum absolute atomic E-state index is 5.55. The van der Waals surface area contributed by atoms with Gasteiger partial charge in [0.05, 0.1) is 19.3 Å². The molecule has 0 bridgehead atoms. The van der Waals surface area contributed by atoms with E-state index in [1.165, 1.54) is 10.5 Å². The smallest absolute Gasteiger partial charge is 0.0662 e. The first-order valence-electron chi connectivity index (χ1n) is 6.15. The van der Waals surface area contributed by atoms with Gasteiger partial charge in [-0.3, -0.25) is 0 Å². The lowest BCUT2D eigenvalue weighted by molar-refractivity contribution is 0.0761. The van der Waals surface area contributed by atoms with E-state index < -0.39 is 0 Å². The van der Waals surface area contributed by atoms with Gasteiger partial charge >= 0.3 is 0 Å². The number of hydrogen-bond acceptors (Lipinski definition) is 3. The fourth-order valence-electron chi connectivity index (χ4n) is 1.96. The van der Waals surface area contributed by atoms with Gasteiger partial charge in [0.2, 0.25) is 0 Å². The minimum atomic E-state index is 0.242. The van der Waals surface area contributed by atoms with Crippen LogP contribution in [0, 0.1) is 0 Å². The van der Waals surface area contributed by atoms with Crippen LogP contribution in [0.25, 0.3) is 0 Å². The molecule has 1 aliphatic heterocycles. The van der Waals surface area contributed by atoms with Crippen molar-refractivity contribution in [3.63, 3.8) is 0 Å². The molecule has 1 heterocycles. The van der Waals surface area contributed by atoms with Crippen LogP contribution in [0.1, 0.15) is 32.4 Å². The van der Waals surface area contributed by atoms with E-state index in [1.54, 1.807) is 0 Å². The molecule has 1 fully saturated rings. The van der Waals surface area contributed by atoms with Crippen LogP contribution in [0.15, 0.2) is 29.2 Å². The lowest BCUT2D eigenvalue weighted by Gasteiger charge is -2.27. The fraction of sp³-hybridized carbons (Fsp3) is 0.571. The highest BCUT2D eigenvalue weighted by atomic mass is 32.2. The molecule has 94 valence electrons. The molecule has 3 heteroatoms. The molecular formula is C14H21NOS. The van der Waals surface area contributed by atoms with E-state index in [2.05, 4.69) is 50.4 Å². The zero-order chi connectivity index (χ0) is 12.3. The SMILES string of the molecule is CC(C)(C)Sc1ccccc1[C@@H]1COCCN1. The highest BCUT2D eigenvalue weighted by Gasteiger charge is 2.21. The van der Waals surface area contributed by atoms with E-state index >= 15 is 0 Å². The number of benzene rings is 1. The van der Waals surface area contributed by atoms with E-state index in [9.17, 15) is 0 Å². The van der Waals surface area contributed by atoms with Gasteiger partial charge in [0.25, 0.3) is 0 Å². The van der Waals surface area contributed by atoms with E-state index in [0.717, 1.165) is 19.8 Å². The summed E-state index contributed by atoms with van der Waals surface area (Å²) in [7, 11) is 0. The van der Waals surface area contributed by atoms with Gasteiger partial charge in [-0.25, -0.2) is 0 Å². The van der Waals surface area contributed by atoms with Crippen molar-refractivity contribution >= 4 is 11.8 Å². The topological polar surface area (TPSA) is 21.3 Å². The molecule has 1 aromatic rings. The van der Waals surface area contributed by atoms with Crippen molar-refractivity contribution in [2.24, 2.45) is 0 Å². The van der Waals surface area contributed by atoms with Crippen LogP contribution >= 0.6 is 11.8 Å². The van der Waals surface area contributed by atoms with Gasteiger partial charge in [0.1, 0.15) is 0 Å². The van der Waals surface area contributed by atoms with E-state index in [-0.39, 0.29) is 4.75 Å². The fourth-order valence-corrected chi connectivity index (χ4v) is 3.09. The van der Waals surface area contributed by atoms with E-state index in [1.807, 2.05) is 11.8 Å². The Balaban J connectivity index is 2.20. The van der Waals surface area contributed by atoms with Crippen LogP contribution in [0.5, 0.6) is 0 Å². The number of thioether (sulfide) groups is 1. The molecule has 1 saturated heterocycles. The summed E-state index contributed by atoms with van der Waals surface area (Å²) in [4.78, 5) is 1.36. The summed E-state index contributed by atoms with van der Waals surface area (Å²) in [6.45, 7) is 9.30. The van der Waals surface area contributed by atoms with Gasteiger partial charge < -0.3 is 10.1 Å². The summed E-state index contributed by atoms with van der Waals surface area (Å²) in [6.07, 6.45) is 0. The second-order valence-electron chi connectivity index (χ2n) is 5.33. The van der Waals surface area contributed by atoms with Gasteiger partial charge in [-0.2, -0.15) is 0 Å². The van der Waals surface area contributed by atoms with Crippen molar-refractivity contribution < 1.29 is 4.74 Å². The summed E-state index contributed by atoms with van der Waals surface area (Å²) >= 11 is 1.93. The highest BCUT2D eigenvalue weighted by Crippen LogP contribution is 2.36. The summed E-state index contributed by atoms with van der Waals surface area (Å²) in [6, 6.07) is 8.98. The molecule has 0 aromatic heterocycles. The molecule has 2 rings (SSSR count). The monoisotopic (exact) mass is 251 g/mol. The lowest BCUT2D eigenvalue weighted by Crippen LogP contribution is -2.34. The Labute approximate surface area is 108 Å².